The summed E-state index contributed by atoms with van der Waals surface area (Å²) < 4.78 is 38.4. The molecule has 2 aromatic heterocycles. The molecular formula is C15H13F3N6. The SMILES string of the molecule is Nc1nc(N2CC(c3cccc(C(F)(F)F)c3)C2)nc2nc[nH]c12. The predicted octanol–water partition coefficient (Wildman–Crippen LogP) is 2.56. The van der Waals surface area contributed by atoms with E-state index in [1.165, 1.54) is 18.5 Å². The molecule has 1 aromatic carbocycles. The number of benzene rings is 1. The van der Waals surface area contributed by atoms with E-state index in [-0.39, 0.29) is 5.92 Å². The standard InChI is InChI=1S/C15H13F3N6/c16-15(17,18)10-3-1-2-8(4-10)9-5-24(6-9)14-22-12(19)11-13(23-14)21-7-20-11/h1-4,7,9H,5-6H2,(H3,19,20,21,22,23). The number of fused-ring (bicyclic) bond motifs is 1. The second kappa shape index (κ2) is 5.08. The van der Waals surface area contributed by atoms with E-state index in [0.717, 1.165) is 6.07 Å². The number of nitrogens with two attached hydrogens (primary N) is 1. The van der Waals surface area contributed by atoms with Gasteiger partial charge in [0, 0.05) is 19.0 Å². The minimum atomic E-state index is -4.33. The Morgan fingerprint density at radius 3 is 2.75 bits per heavy atom. The number of aromatic nitrogens is 4. The van der Waals surface area contributed by atoms with Crippen molar-refractivity contribution in [2.45, 2.75) is 12.1 Å². The number of rotatable bonds is 2. The summed E-state index contributed by atoms with van der Waals surface area (Å²) in [5.74, 6) is 0.748. The van der Waals surface area contributed by atoms with E-state index in [4.69, 9.17) is 5.73 Å². The van der Waals surface area contributed by atoms with Crippen molar-refractivity contribution in [3.63, 3.8) is 0 Å². The molecular weight excluding hydrogens is 321 g/mol. The molecule has 1 aliphatic heterocycles. The van der Waals surface area contributed by atoms with Gasteiger partial charge in [0.05, 0.1) is 11.9 Å². The number of nitrogens with zero attached hydrogens (tertiary/aromatic N) is 4. The summed E-state index contributed by atoms with van der Waals surface area (Å²) in [6.07, 6.45) is -2.84. The topological polar surface area (TPSA) is 83.7 Å². The number of anilines is 2. The third-order valence-electron chi connectivity index (χ3n) is 4.15. The van der Waals surface area contributed by atoms with Crippen LogP contribution in [0.5, 0.6) is 0 Å². The average Bonchev–Trinajstić information content (AvgIpc) is 2.94. The minimum Gasteiger partial charge on any atom is -0.382 e. The first-order chi connectivity index (χ1) is 11.4. The molecule has 3 heterocycles. The molecule has 0 spiro atoms. The molecule has 0 saturated carbocycles. The van der Waals surface area contributed by atoms with E-state index in [1.54, 1.807) is 6.07 Å². The van der Waals surface area contributed by atoms with Crippen LogP contribution in [0.4, 0.5) is 24.9 Å². The zero-order valence-electron chi connectivity index (χ0n) is 12.4. The Morgan fingerprint density at radius 2 is 2.00 bits per heavy atom. The summed E-state index contributed by atoms with van der Waals surface area (Å²) in [6, 6.07) is 5.43. The van der Waals surface area contributed by atoms with Gasteiger partial charge in [-0.2, -0.15) is 23.1 Å². The van der Waals surface area contributed by atoms with Crippen LogP contribution in [0.1, 0.15) is 17.0 Å². The monoisotopic (exact) mass is 334 g/mol. The molecule has 24 heavy (non-hydrogen) atoms. The lowest BCUT2D eigenvalue weighted by atomic mass is 9.90. The molecule has 0 aliphatic carbocycles. The molecule has 124 valence electrons. The first kappa shape index (κ1) is 14.7. The quantitative estimate of drug-likeness (QED) is 0.752. The van der Waals surface area contributed by atoms with E-state index in [0.29, 0.717) is 41.6 Å². The maximum absolute atomic E-state index is 12.8. The summed E-state index contributed by atoms with van der Waals surface area (Å²) in [7, 11) is 0. The normalized spacial score (nSPS) is 15.7. The van der Waals surface area contributed by atoms with Gasteiger partial charge in [-0.05, 0) is 11.6 Å². The van der Waals surface area contributed by atoms with Gasteiger partial charge in [-0.3, -0.25) is 0 Å². The van der Waals surface area contributed by atoms with E-state index in [9.17, 15) is 13.2 Å². The number of hydrogen-bond acceptors (Lipinski definition) is 5. The van der Waals surface area contributed by atoms with Crippen molar-refractivity contribution >= 4 is 22.9 Å². The van der Waals surface area contributed by atoms with Gasteiger partial charge in [0.1, 0.15) is 5.52 Å². The third kappa shape index (κ3) is 2.41. The first-order valence-corrected chi connectivity index (χ1v) is 7.30. The summed E-state index contributed by atoms with van der Waals surface area (Å²) >= 11 is 0. The fourth-order valence-corrected chi connectivity index (χ4v) is 2.81. The van der Waals surface area contributed by atoms with Crippen molar-refractivity contribution in [2.75, 3.05) is 23.7 Å². The van der Waals surface area contributed by atoms with Crippen LogP contribution in [0.2, 0.25) is 0 Å². The van der Waals surface area contributed by atoms with Crippen molar-refractivity contribution in [3.8, 4) is 0 Å². The summed E-state index contributed by atoms with van der Waals surface area (Å²) in [5, 5.41) is 0. The zero-order chi connectivity index (χ0) is 16.9. The number of halogens is 3. The molecule has 3 aromatic rings. The Kier molecular flexibility index (Phi) is 3.12. The Morgan fingerprint density at radius 1 is 1.21 bits per heavy atom. The Bertz CT molecular complexity index is 898. The maximum Gasteiger partial charge on any atom is 0.416 e. The second-order valence-electron chi connectivity index (χ2n) is 5.74. The number of nitrogens with one attached hydrogen (secondary N) is 1. The maximum atomic E-state index is 12.8. The fraction of sp³-hybridized carbons (Fsp3) is 0.267. The number of H-pyrrole nitrogens is 1. The van der Waals surface area contributed by atoms with Crippen LogP contribution < -0.4 is 10.6 Å². The van der Waals surface area contributed by atoms with Crippen molar-refractivity contribution in [1.82, 2.24) is 19.9 Å². The van der Waals surface area contributed by atoms with E-state index in [1.807, 2.05) is 4.90 Å². The predicted molar refractivity (Wildman–Crippen MR) is 82.5 cm³/mol. The zero-order valence-corrected chi connectivity index (χ0v) is 12.4. The van der Waals surface area contributed by atoms with Crippen molar-refractivity contribution in [2.24, 2.45) is 0 Å². The lowest BCUT2D eigenvalue weighted by Crippen LogP contribution is -2.46. The Labute approximate surface area is 134 Å². The van der Waals surface area contributed by atoms with Gasteiger partial charge in [0.15, 0.2) is 11.5 Å². The molecule has 0 amide bonds. The van der Waals surface area contributed by atoms with E-state index in [2.05, 4.69) is 19.9 Å². The van der Waals surface area contributed by atoms with Crippen LogP contribution in [0.15, 0.2) is 30.6 Å². The highest BCUT2D eigenvalue weighted by molar-refractivity contribution is 5.82. The van der Waals surface area contributed by atoms with Gasteiger partial charge in [-0.25, -0.2) is 4.98 Å². The first-order valence-electron chi connectivity index (χ1n) is 7.30. The lowest BCUT2D eigenvalue weighted by molar-refractivity contribution is -0.137. The molecule has 9 heteroatoms. The average molecular weight is 334 g/mol. The van der Waals surface area contributed by atoms with Crippen LogP contribution in [-0.4, -0.2) is 33.0 Å². The van der Waals surface area contributed by atoms with Gasteiger partial charge in [0.25, 0.3) is 0 Å². The molecule has 1 fully saturated rings. The molecule has 0 unspecified atom stereocenters. The molecule has 6 nitrogen and oxygen atoms in total. The molecule has 3 N–H and O–H groups in total. The summed E-state index contributed by atoms with van der Waals surface area (Å²) in [4.78, 5) is 17.3. The summed E-state index contributed by atoms with van der Waals surface area (Å²) in [6.45, 7) is 1.08. The number of aromatic amines is 1. The minimum absolute atomic E-state index is 0.00649. The van der Waals surface area contributed by atoms with Gasteiger partial charge < -0.3 is 15.6 Å². The number of alkyl halides is 3. The molecule has 0 atom stereocenters. The lowest BCUT2D eigenvalue weighted by Gasteiger charge is -2.39. The van der Waals surface area contributed by atoms with Crippen molar-refractivity contribution in [1.29, 1.82) is 0 Å². The van der Waals surface area contributed by atoms with Crippen LogP contribution in [0, 0.1) is 0 Å². The van der Waals surface area contributed by atoms with E-state index < -0.39 is 11.7 Å². The number of hydrogen-bond donors (Lipinski definition) is 2. The second-order valence-corrected chi connectivity index (χ2v) is 5.74. The Balaban J connectivity index is 1.53. The third-order valence-corrected chi connectivity index (χ3v) is 4.15. The highest BCUT2D eigenvalue weighted by Crippen LogP contribution is 2.35. The molecule has 1 saturated heterocycles. The highest BCUT2D eigenvalue weighted by atomic mass is 19.4. The van der Waals surface area contributed by atoms with E-state index >= 15 is 0 Å². The summed E-state index contributed by atoms with van der Waals surface area (Å²) in [5.41, 5.74) is 6.94. The molecule has 1 aliphatic rings. The van der Waals surface area contributed by atoms with Crippen molar-refractivity contribution < 1.29 is 13.2 Å². The van der Waals surface area contributed by atoms with Gasteiger partial charge in [0.2, 0.25) is 5.95 Å². The van der Waals surface area contributed by atoms with Crippen LogP contribution in [0.25, 0.3) is 11.2 Å². The van der Waals surface area contributed by atoms with Crippen LogP contribution in [-0.2, 0) is 6.18 Å². The molecule has 4 rings (SSSR count). The van der Waals surface area contributed by atoms with Crippen molar-refractivity contribution in [3.05, 3.63) is 41.7 Å². The number of nitrogen functional groups attached to an aromatic ring is 1. The molecule has 0 radical (unpaired) electrons. The van der Waals surface area contributed by atoms with Crippen LogP contribution >= 0.6 is 0 Å². The number of imidazole rings is 1. The van der Waals surface area contributed by atoms with Gasteiger partial charge >= 0.3 is 6.18 Å². The van der Waals surface area contributed by atoms with Gasteiger partial charge in [-0.15, -0.1) is 0 Å². The highest BCUT2D eigenvalue weighted by Gasteiger charge is 2.34. The largest absolute Gasteiger partial charge is 0.416 e. The smallest absolute Gasteiger partial charge is 0.382 e. The fourth-order valence-electron chi connectivity index (χ4n) is 2.81. The van der Waals surface area contributed by atoms with Gasteiger partial charge in [-0.1, -0.05) is 18.2 Å². The molecule has 0 bridgehead atoms. The Hall–Kier alpha value is -2.84. The van der Waals surface area contributed by atoms with Crippen LogP contribution in [0.3, 0.4) is 0 Å².